The third-order valence-corrected chi connectivity index (χ3v) is 9.29. The van der Waals surface area contributed by atoms with Crippen LogP contribution in [0.5, 0.6) is 5.88 Å². The topological polar surface area (TPSA) is 99.8 Å². The second kappa shape index (κ2) is 13.5. The first-order valence-electron chi connectivity index (χ1n) is 15.7. The molecule has 3 aromatic heterocycles. The number of anilines is 1. The van der Waals surface area contributed by atoms with Gasteiger partial charge in [-0.2, -0.15) is 4.98 Å². The van der Waals surface area contributed by atoms with Gasteiger partial charge in [-0.25, -0.2) is 23.5 Å². The summed E-state index contributed by atoms with van der Waals surface area (Å²) in [6.07, 6.45) is 3.64. The van der Waals surface area contributed by atoms with E-state index in [0.717, 1.165) is 11.6 Å². The Morgan fingerprint density at radius 2 is 1.90 bits per heavy atom. The van der Waals surface area contributed by atoms with E-state index in [1.165, 1.54) is 19.2 Å². The molecule has 0 saturated carbocycles. The molecule has 2 atom stereocenters. The molecule has 0 unspecified atom stereocenters. The second-order valence-corrected chi connectivity index (χ2v) is 12.3. The van der Waals surface area contributed by atoms with Gasteiger partial charge in [0.25, 0.3) is 0 Å². The summed E-state index contributed by atoms with van der Waals surface area (Å²) in [6.45, 7) is 5.84. The van der Waals surface area contributed by atoms with Crippen LogP contribution in [0.15, 0.2) is 60.9 Å². The number of rotatable bonds is 10. The number of aromatic nitrogens is 5. The standard InChI is InChI=1S/C34H34ClF2N7O4/c1-21-38-8-9-41(21)10-12-43-27-15-23(34(45)46-2)14-26(37)33(27)40-31(43)17-42-11-13-44(29-20-47-19-28(29)42)30-4-3-5-32(39-30)48-18-22-6-7-24(35)16-25(22)36/h3-9,14-16,28-29H,10-13,17-20H2,1-2H3/t28-,29+/m1/s1. The van der Waals surface area contributed by atoms with Gasteiger partial charge >= 0.3 is 5.97 Å². The third kappa shape index (κ3) is 6.32. The summed E-state index contributed by atoms with van der Waals surface area (Å²) in [5, 5.41) is 0.325. The Morgan fingerprint density at radius 1 is 1.04 bits per heavy atom. The number of aryl methyl sites for hydroxylation is 3. The van der Waals surface area contributed by atoms with Crippen LogP contribution in [0.4, 0.5) is 14.6 Å². The van der Waals surface area contributed by atoms with Gasteiger partial charge in [0.15, 0.2) is 5.82 Å². The summed E-state index contributed by atoms with van der Waals surface area (Å²) in [5.41, 5.74) is 1.25. The Bertz CT molecular complexity index is 1970. The molecule has 0 radical (unpaired) electrons. The quantitative estimate of drug-likeness (QED) is 0.189. The molecule has 2 aliphatic rings. The van der Waals surface area contributed by atoms with E-state index in [-0.39, 0.29) is 29.8 Å². The van der Waals surface area contributed by atoms with Crippen molar-refractivity contribution in [3.63, 3.8) is 0 Å². The summed E-state index contributed by atoms with van der Waals surface area (Å²) in [7, 11) is 1.27. The van der Waals surface area contributed by atoms with E-state index in [4.69, 9.17) is 35.8 Å². The molecule has 48 heavy (non-hydrogen) atoms. The van der Waals surface area contributed by atoms with Crippen molar-refractivity contribution in [2.45, 2.75) is 45.2 Å². The summed E-state index contributed by atoms with van der Waals surface area (Å²) in [4.78, 5) is 30.7. The SMILES string of the molecule is COC(=O)c1cc(F)c2nc(CN3CCN(c4cccc(OCc5ccc(Cl)cc5F)n4)[C@H]4COC[C@H]43)n(CCn3ccnc3C)c2c1. The molecule has 0 spiro atoms. The summed E-state index contributed by atoms with van der Waals surface area (Å²) >= 11 is 5.88. The van der Waals surface area contributed by atoms with E-state index in [0.29, 0.717) is 73.7 Å². The van der Waals surface area contributed by atoms with Gasteiger partial charge in [-0.3, -0.25) is 4.90 Å². The number of nitrogens with zero attached hydrogens (tertiary/aromatic N) is 7. The molecule has 0 amide bonds. The fourth-order valence-corrected chi connectivity index (χ4v) is 6.68. The molecule has 2 aromatic carbocycles. The van der Waals surface area contributed by atoms with Crippen LogP contribution in [-0.4, -0.2) is 80.5 Å². The Labute approximate surface area is 280 Å². The number of imidazole rings is 2. The molecule has 11 nitrogen and oxygen atoms in total. The monoisotopic (exact) mass is 677 g/mol. The Balaban J connectivity index is 1.12. The van der Waals surface area contributed by atoms with E-state index in [2.05, 4.69) is 14.8 Å². The Morgan fingerprint density at radius 3 is 2.69 bits per heavy atom. The highest BCUT2D eigenvalue weighted by atomic mass is 35.5. The lowest BCUT2D eigenvalue weighted by Gasteiger charge is -2.44. The first-order chi connectivity index (χ1) is 23.3. The van der Waals surface area contributed by atoms with E-state index < -0.39 is 17.6 Å². The summed E-state index contributed by atoms with van der Waals surface area (Å²) < 4.78 is 50.4. The molecule has 2 fully saturated rings. The van der Waals surface area contributed by atoms with E-state index in [1.807, 2.05) is 34.4 Å². The van der Waals surface area contributed by atoms with Crippen LogP contribution in [0, 0.1) is 18.6 Å². The Hall–Kier alpha value is -4.59. The molecule has 2 saturated heterocycles. The zero-order valence-electron chi connectivity index (χ0n) is 26.5. The van der Waals surface area contributed by atoms with Crippen molar-refractivity contribution in [2.24, 2.45) is 0 Å². The minimum absolute atomic E-state index is 0.00398. The zero-order valence-corrected chi connectivity index (χ0v) is 27.2. The Kier molecular flexibility index (Phi) is 8.99. The van der Waals surface area contributed by atoms with E-state index in [1.54, 1.807) is 30.5 Å². The van der Waals surface area contributed by atoms with Crippen molar-refractivity contribution in [3.8, 4) is 5.88 Å². The van der Waals surface area contributed by atoms with Crippen LogP contribution < -0.4 is 9.64 Å². The number of hydrogen-bond donors (Lipinski definition) is 0. The van der Waals surface area contributed by atoms with Crippen molar-refractivity contribution in [1.29, 1.82) is 0 Å². The van der Waals surface area contributed by atoms with Crippen molar-refractivity contribution in [2.75, 3.05) is 38.3 Å². The number of carbonyl (C=O) groups is 1. The highest BCUT2D eigenvalue weighted by Crippen LogP contribution is 2.31. The molecule has 0 N–H and O–H groups in total. The number of carbonyl (C=O) groups excluding carboxylic acids is 1. The van der Waals surface area contributed by atoms with Crippen molar-refractivity contribution < 1.29 is 27.8 Å². The number of ether oxygens (including phenoxy) is 3. The van der Waals surface area contributed by atoms with Crippen LogP contribution in [0.1, 0.15) is 27.6 Å². The van der Waals surface area contributed by atoms with Crippen LogP contribution in [-0.2, 0) is 35.7 Å². The molecule has 7 rings (SSSR count). The van der Waals surface area contributed by atoms with E-state index in [9.17, 15) is 9.18 Å². The van der Waals surface area contributed by atoms with Gasteiger partial charge in [0.05, 0.1) is 50.0 Å². The largest absolute Gasteiger partial charge is 0.473 e. The number of benzene rings is 2. The fraction of sp³-hybridized carbons (Fsp3) is 0.353. The normalized spacial score (nSPS) is 18.0. The zero-order chi connectivity index (χ0) is 33.4. The highest BCUT2D eigenvalue weighted by Gasteiger charge is 2.42. The molecule has 0 aliphatic carbocycles. The van der Waals surface area contributed by atoms with Crippen molar-refractivity contribution >= 4 is 34.4 Å². The molecular formula is C34H34ClF2N7O4. The van der Waals surface area contributed by atoms with Crippen LogP contribution in [0.3, 0.4) is 0 Å². The number of hydrogen-bond acceptors (Lipinski definition) is 9. The lowest BCUT2D eigenvalue weighted by Crippen LogP contribution is -2.59. The number of pyridine rings is 1. The lowest BCUT2D eigenvalue weighted by molar-refractivity contribution is 0.0600. The molecule has 0 bridgehead atoms. The first kappa shape index (κ1) is 32.0. The maximum atomic E-state index is 15.4. The second-order valence-electron chi connectivity index (χ2n) is 11.9. The maximum Gasteiger partial charge on any atom is 0.338 e. The minimum Gasteiger partial charge on any atom is -0.473 e. The average Bonchev–Trinajstić information content (AvgIpc) is 3.82. The van der Waals surface area contributed by atoms with E-state index >= 15 is 4.39 Å². The maximum absolute atomic E-state index is 15.4. The molecule has 5 heterocycles. The van der Waals surface area contributed by atoms with Gasteiger partial charge < -0.3 is 28.2 Å². The molecule has 14 heteroatoms. The van der Waals surface area contributed by atoms with Gasteiger partial charge in [0.2, 0.25) is 5.88 Å². The number of halogens is 3. The third-order valence-electron chi connectivity index (χ3n) is 9.05. The minimum atomic E-state index is -0.613. The van der Waals surface area contributed by atoms with Gasteiger partial charge in [-0.1, -0.05) is 23.7 Å². The van der Waals surface area contributed by atoms with Crippen LogP contribution in [0.25, 0.3) is 11.0 Å². The average molecular weight is 678 g/mol. The summed E-state index contributed by atoms with van der Waals surface area (Å²) in [6, 6.07) is 12.9. The predicted octanol–water partition coefficient (Wildman–Crippen LogP) is 5.02. The predicted molar refractivity (Wildman–Crippen MR) is 174 cm³/mol. The highest BCUT2D eigenvalue weighted by molar-refractivity contribution is 6.30. The molecule has 5 aromatic rings. The number of piperazine rings is 1. The van der Waals surface area contributed by atoms with Crippen molar-refractivity contribution in [1.82, 2.24) is 29.0 Å². The van der Waals surface area contributed by atoms with Crippen LogP contribution in [0.2, 0.25) is 5.02 Å². The smallest absolute Gasteiger partial charge is 0.338 e. The van der Waals surface area contributed by atoms with Crippen molar-refractivity contribution in [3.05, 3.63) is 100 Å². The summed E-state index contributed by atoms with van der Waals surface area (Å²) in [5.74, 6) is 1.05. The molecule has 2 aliphatic heterocycles. The lowest BCUT2D eigenvalue weighted by atomic mass is 10.0. The first-order valence-corrected chi connectivity index (χ1v) is 16.0. The molecule has 250 valence electrons. The number of esters is 1. The van der Waals surface area contributed by atoms with Gasteiger partial charge in [0, 0.05) is 55.2 Å². The number of methoxy groups -OCH3 is 1. The number of fused-ring (bicyclic) bond motifs is 2. The van der Waals surface area contributed by atoms with Crippen LogP contribution >= 0.6 is 11.6 Å². The van der Waals surface area contributed by atoms with Gasteiger partial charge in [-0.05, 0) is 37.3 Å². The fourth-order valence-electron chi connectivity index (χ4n) is 6.53. The van der Waals surface area contributed by atoms with Gasteiger partial charge in [-0.15, -0.1) is 0 Å². The van der Waals surface area contributed by atoms with Gasteiger partial charge in [0.1, 0.15) is 35.4 Å². The molecular weight excluding hydrogens is 644 g/mol.